The number of hydrogen-bond donors (Lipinski definition) is 0. The van der Waals surface area contributed by atoms with Crippen molar-refractivity contribution in [3.63, 3.8) is 0 Å². The summed E-state index contributed by atoms with van der Waals surface area (Å²) in [6.07, 6.45) is 1.83. The van der Waals surface area contributed by atoms with Gasteiger partial charge in [0.1, 0.15) is 0 Å². The van der Waals surface area contributed by atoms with Crippen LogP contribution < -0.4 is 59.1 Å². The molecule has 0 saturated heterocycles. The van der Waals surface area contributed by atoms with Crippen LogP contribution in [-0.4, -0.2) is 42.4 Å². The molecule has 0 aliphatic carbocycles. The van der Waals surface area contributed by atoms with Crippen molar-refractivity contribution in [3.8, 4) is 0 Å². The molecule has 0 unspecified atom stereocenters. The zero-order valence-electron chi connectivity index (χ0n) is 11.4. The van der Waals surface area contributed by atoms with Gasteiger partial charge in [0.25, 0.3) is 0 Å². The van der Waals surface area contributed by atoms with Crippen LogP contribution >= 0.6 is 11.3 Å². The molecule has 1 heterocycles. The van der Waals surface area contributed by atoms with Crippen LogP contribution in [-0.2, 0) is 20.2 Å². The first-order valence-corrected chi connectivity index (χ1v) is 8.48. The molecule has 1 aromatic rings. The standard InChI is InChI=1S/C6H7NS.C2H6O6S2.2Na/c1-3-6-5(2)7-4-8-6;3-9(4,5)1-2-10(6,7)8;;/h3-4H,1H2,2H3;1-2H2,(H,3,4,5)(H,6,7,8);;/q;;2*+1/p-2. The molecular formula is C8H11NNa2O6S3. The number of thiazole rings is 1. The maximum Gasteiger partial charge on any atom is 1.00 e. The molecule has 0 N–H and O–H groups in total. The van der Waals surface area contributed by atoms with Crippen LogP contribution in [0.1, 0.15) is 10.6 Å². The zero-order chi connectivity index (χ0) is 14.4. The first-order valence-electron chi connectivity index (χ1n) is 4.45. The Labute approximate surface area is 167 Å². The Morgan fingerprint density at radius 2 is 1.60 bits per heavy atom. The number of rotatable bonds is 4. The zero-order valence-corrected chi connectivity index (χ0v) is 17.8. The van der Waals surface area contributed by atoms with Gasteiger partial charge in [-0.2, -0.15) is 0 Å². The summed E-state index contributed by atoms with van der Waals surface area (Å²) < 4.78 is 58.3. The molecule has 7 nitrogen and oxygen atoms in total. The quantitative estimate of drug-likeness (QED) is 0.387. The maximum absolute atomic E-state index is 9.72. The van der Waals surface area contributed by atoms with Gasteiger partial charge in [0.2, 0.25) is 0 Å². The molecule has 0 radical (unpaired) electrons. The molecule has 0 fully saturated rings. The molecular weight excluding hydrogens is 348 g/mol. The predicted molar refractivity (Wildman–Crippen MR) is 66.1 cm³/mol. The van der Waals surface area contributed by atoms with E-state index in [0.29, 0.717) is 0 Å². The van der Waals surface area contributed by atoms with Crippen molar-refractivity contribution in [1.29, 1.82) is 0 Å². The van der Waals surface area contributed by atoms with Crippen molar-refractivity contribution in [2.45, 2.75) is 6.92 Å². The summed E-state index contributed by atoms with van der Waals surface area (Å²) in [5.41, 5.74) is 2.90. The summed E-state index contributed by atoms with van der Waals surface area (Å²) in [7, 11) is -9.17. The predicted octanol–water partition coefficient (Wildman–Crippen LogP) is -5.82. The van der Waals surface area contributed by atoms with E-state index in [4.69, 9.17) is 0 Å². The molecule has 0 aromatic carbocycles. The van der Waals surface area contributed by atoms with Gasteiger partial charge in [0.05, 0.1) is 42.9 Å². The Balaban J connectivity index is -0.000000266. The second kappa shape index (κ2) is 11.7. The molecule has 104 valence electrons. The van der Waals surface area contributed by atoms with Crippen molar-refractivity contribution in [1.82, 2.24) is 4.98 Å². The first kappa shape index (κ1) is 26.1. The minimum atomic E-state index is -4.59. The van der Waals surface area contributed by atoms with Crippen LogP contribution in [0.5, 0.6) is 0 Å². The van der Waals surface area contributed by atoms with E-state index in [1.807, 2.05) is 18.5 Å². The Morgan fingerprint density at radius 1 is 1.20 bits per heavy atom. The second-order valence-electron chi connectivity index (χ2n) is 3.03. The van der Waals surface area contributed by atoms with Gasteiger partial charge in [0, 0.05) is 4.88 Å². The fraction of sp³-hybridized carbons (Fsp3) is 0.375. The van der Waals surface area contributed by atoms with Crippen LogP contribution in [0.2, 0.25) is 0 Å². The van der Waals surface area contributed by atoms with Crippen molar-refractivity contribution in [2.24, 2.45) is 0 Å². The molecule has 1 rings (SSSR count). The number of aryl methyl sites for hydroxylation is 1. The van der Waals surface area contributed by atoms with E-state index in [9.17, 15) is 25.9 Å². The Morgan fingerprint density at radius 3 is 1.75 bits per heavy atom. The van der Waals surface area contributed by atoms with Gasteiger partial charge in [-0.25, -0.2) is 21.8 Å². The molecule has 0 bridgehead atoms. The van der Waals surface area contributed by atoms with Gasteiger partial charge >= 0.3 is 59.1 Å². The fourth-order valence-corrected chi connectivity index (χ4v) is 2.99. The number of nitrogens with zero attached hydrogens (tertiary/aromatic N) is 1. The third kappa shape index (κ3) is 15.6. The average molecular weight is 359 g/mol. The molecule has 0 saturated carbocycles. The molecule has 0 aliphatic rings. The maximum atomic E-state index is 9.72. The molecule has 20 heavy (non-hydrogen) atoms. The number of aromatic nitrogens is 1. The SMILES string of the molecule is C=Cc1scnc1C.O=S(=O)([O-])CCS(=O)(=O)[O-].[Na+].[Na+]. The second-order valence-corrected chi connectivity index (χ2v) is 6.96. The van der Waals surface area contributed by atoms with Crippen molar-refractivity contribution >= 4 is 37.6 Å². The smallest absolute Gasteiger partial charge is 0.748 e. The minimum Gasteiger partial charge on any atom is -0.748 e. The molecule has 0 aliphatic heterocycles. The van der Waals surface area contributed by atoms with Crippen LogP contribution in [0, 0.1) is 6.92 Å². The summed E-state index contributed by atoms with van der Waals surface area (Å²) in [4.78, 5) is 5.21. The molecule has 0 atom stereocenters. The Bertz CT molecular complexity index is 563. The van der Waals surface area contributed by atoms with Gasteiger partial charge in [-0.1, -0.05) is 12.7 Å². The third-order valence-corrected chi connectivity index (χ3v) is 4.14. The minimum absolute atomic E-state index is 0. The summed E-state index contributed by atoms with van der Waals surface area (Å²) in [5.74, 6) is -2.31. The Kier molecular flexibility index (Phi) is 15.3. The summed E-state index contributed by atoms with van der Waals surface area (Å²) >= 11 is 1.62. The molecule has 0 spiro atoms. The van der Waals surface area contributed by atoms with Gasteiger partial charge in [-0.15, -0.1) is 11.3 Å². The third-order valence-electron chi connectivity index (χ3n) is 1.55. The molecule has 1 aromatic heterocycles. The van der Waals surface area contributed by atoms with Crippen LogP contribution in [0.3, 0.4) is 0 Å². The van der Waals surface area contributed by atoms with Crippen LogP contribution in [0.4, 0.5) is 0 Å². The van der Waals surface area contributed by atoms with Crippen molar-refractivity contribution in [2.75, 3.05) is 11.5 Å². The summed E-state index contributed by atoms with van der Waals surface area (Å²) in [6, 6.07) is 0. The largest absolute Gasteiger partial charge is 1.00 e. The Hall–Kier alpha value is 1.19. The summed E-state index contributed by atoms with van der Waals surface area (Å²) in [6.45, 7) is 5.61. The molecule has 0 amide bonds. The van der Waals surface area contributed by atoms with E-state index in [2.05, 4.69) is 11.6 Å². The average Bonchev–Trinajstić information content (AvgIpc) is 2.60. The van der Waals surface area contributed by atoms with E-state index in [1.165, 1.54) is 4.88 Å². The van der Waals surface area contributed by atoms with Gasteiger partial charge in [0.15, 0.2) is 0 Å². The van der Waals surface area contributed by atoms with Crippen LogP contribution in [0.25, 0.3) is 6.08 Å². The van der Waals surface area contributed by atoms with Crippen LogP contribution in [0.15, 0.2) is 12.1 Å². The normalized spacial score (nSPS) is 10.3. The number of hydrogen-bond acceptors (Lipinski definition) is 8. The van der Waals surface area contributed by atoms with E-state index in [1.54, 1.807) is 11.3 Å². The van der Waals surface area contributed by atoms with Gasteiger partial charge in [-0.3, -0.25) is 0 Å². The summed E-state index contributed by atoms with van der Waals surface area (Å²) in [5, 5.41) is 0. The topological polar surface area (TPSA) is 127 Å². The molecule has 12 heteroatoms. The van der Waals surface area contributed by atoms with Crippen molar-refractivity contribution < 1.29 is 85.1 Å². The van der Waals surface area contributed by atoms with E-state index in [0.717, 1.165) is 5.69 Å². The van der Waals surface area contributed by atoms with Gasteiger partial charge in [-0.05, 0) is 6.92 Å². The van der Waals surface area contributed by atoms with Crippen molar-refractivity contribution in [3.05, 3.63) is 22.7 Å². The van der Waals surface area contributed by atoms with E-state index >= 15 is 0 Å². The first-order chi connectivity index (χ1) is 8.05. The van der Waals surface area contributed by atoms with Gasteiger partial charge < -0.3 is 9.11 Å². The van der Waals surface area contributed by atoms with E-state index < -0.39 is 31.7 Å². The monoisotopic (exact) mass is 359 g/mol. The fourth-order valence-electron chi connectivity index (χ4n) is 0.711. The van der Waals surface area contributed by atoms with E-state index in [-0.39, 0.29) is 59.1 Å².